The Morgan fingerprint density at radius 2 is 1.79 bits per heavy atom. The van der Waals surface area contributed by atoms with E-state index in [0.29, 0.717) is 17.1 Å². The van der Waals surface area contributed by atoms with Crippen molar-refractivity contribution in [2.75, 3.05) is 26.2 Å². The lowest BCUT2D eigenvalue weighted by Gasteiger charge is -2.42. The van der Waals surface area contributed by atoms with Crippen molar-refractivity contribution in [1.29, 1.82) is 0 Å². The minimum absolute atomic E-state index is 0.174. The Balaban J connectivity index is 1.51. The lowest BCUT2D eigenvalue weighted by molar-refractivity contribution is 0.0563. The minimum atomic E-state index is -4.02. The van der Waals surface area contributed by atoms with Gasteiger partial charge < -0.3 is 0 Å². The summed E-state index contributed by atoms with van der Waals surface area (Å²) in [4.78, 5) is 2.03. The van der Waals surface area contributed by atoms with E-state index in [4.69, 9.17) is 0 Å². The van der Waals surface area contributed by atoms with Crippen molar-refractivity contribution < 1.29 is 21.6 Å². The van der Waals surface area contributed by atoms with Crippen molar-refractivity contribution >= 4 is 20.9 Å². The summed E-state index contributed by atoms with van der Waals surface area (Å²) in [6.45, 7) is 4.97. The van der Waals surface area contributed by atoms with Crippen LogP contribution in [0.4, 0.5) is 13.2 Å². The number of sulfonamides is 1. The molecule has 0 N–H and O–H groups in total. The van der Waals surface area contributed by atoms with Crippen LogP contribution in [-0.2, 0) is 10.0 Å². The van der Waals surface area contributed by atoms with Gasteiger partial charge in [-0.05, 0) is 60.4 Å². The molecule has 8 nitrogen and oxygen atoms in total. The van der Waals surface area contributed by atoms with Crippen molar-refractivity contribution in [2.24, 2.45) is 5.92 Å². The fourth-order valence-corrected chi connectivity index (χ4v) is 6.43. The van der Waals surface area contributed by atoms with Gasteiger partial charge in [0.15, 0.2) is 0 Å². The molecule has 1 saturated heterocycles. The normalized spacial score (nSPS) is 17.7. The smallest absolute Gasteiger partial charge is 0.293 e. The maximum Gasteiger partial charge on any atom is 0.333 e. The summed E-state index contributed by atoms with van der Waals surface area (Å²) in [6, 6.07) is 9.89. The predicted octanol–water partition coefficient (Wildman–Crippen LogP) is 4.77. The number of aromatic nitrogens is 4. The van der Waals surface area contributed by atoms with Crippen LogP contribution < -0.4 is 0 Å². The highest BCUT2D eigenvalue weighted by Gasteiger charge is 2.36. The number of alkyl halides is 2. The lowest BCUT2D eigenvalue weighted by Crippen LogP contribution is -2.51. The first-order valence-electron chi connectivity index (χ1n) is 12.4. The van der Waals surface area contributed by atoms with Crippen molar-refractivity contribution in [3.05, 3.63) is 71.9 Å². The van der Waals surface area contributed by atoms with E-state index in [-0.39, 0.29) is 29.8 Å². The second kappa shape index (κ2) is 10.2. The van der Waals surface area contributed by atoms with Gasteiger partial charge in [-0.3, -0.25) is 4.90 Å². The number of hydrogen-bond donors (Lipinski definition) is 0. The van der Waals surface area contributed by atoms with E-state index in [1.807, 2.05) is 19.1 Å². The Hall–Kier alpha value is -3.22. The molecule has 0 amide bonds. The Morgan fingerprint density at radius 3 is 2.45 bits per heavy atom. The third-order valence-electron chi connectivity index (χ3n) is 6.86. The molecule has 0 unspecified atom stereocenters. The van der Waals surface area contributed by atoms with Gasteiger partial charge in [-0.1, -0.05) is 13.8 Å². The van der Waals surface area contributed by atoms with Gasteiger partial charge in [0.2, 0.25) is 10.0 Å². The zero-order chi connectivity index (χ0) is 27.2. The summed E-state index contributed by atoms with van der Waals surface area (Å²) >= 11 is 0. The van der Waals surface area contributed by atoms with Crippen molar-refractivity contribution in [3.8, 4) is 5.69 Å². The number of fused-ring (bicyclic) bond motifs is 1. The first-order valence-corrected chi connectivity index (χ1v) is 13.8. The highest BCUT2D eigenvalue weighted by atomic mass is 32.2. The molecule has 38 heavy (non-hydrogen) atoms. The maximum atomic E-state index is 13.4. The summed E-state index contributed by atoms with van der Waals surface area (Å²) in [5, 5.41) is 8.89. The molecule has 202 valence electrons. The average Bonchev–Trinajstić information content (AvgIpc) is 3.52. The predicted molar refractivity (Wildman–Crippen MR) is 137 cm³/mol. The molecule has 1 aliphatic rings. The number of halogens is 3. The van der Waals surface area contributed by atoms with Gasteiger partial charge in [0.25, 0.3) is 0 Å². The molecule has 5 rings (SSSR count). The topological polar surface area (TPSA) is 76.3 Å². The van der Waals surface area contributed by atoms with Gasteiger partial charge in [0, 0.05) is 37.6 Å². The monoisotopic (exact) mass is 546 g/mol. The summed E-state index contributed by atoms with van der Waals surface area (Å²) in [5.41, 5.74) is 3.52. The number of aryl methyl sites for hydroxylation is 1. The standard InChI is InChI=1S/C26H29F3N6O2S/c1-17(2)14-32-8-9-33(38(36,37)22-13-30-34(15-22)26(28)29)16-25(32)23-11-19-12-31-35(24(19)10-18(23)3)21-6-4-20(27)5-7-21/h4-7,10-13,15,17,25-26H,8-9,14,16H2,1-3H3/t25-/m0/s1. The van der Waals surface area contributed by atoms with E-state index in [1.54, 1.807) is 23.0 Å². The van der Waals surface area contributed by atoms with Gasteiger partial charge in [-0.2, -0.15) is 23.3 Å². The van der Waals surface area contributed by atoms with E-state index >= 15 is 0 Å². The maximum absolute atomic E-state index is 13.4. The summed E-state index contributed by atoms with van der Waals surface area (Å²) in [6.07, 6.45) is 3.58. The van der Waals surface area contributed by atoms with E-state index in [9.17, 15) is 21.6 Å². The Labute approximate surface area is 219 Å². The quantitative estimate of drug-likeness (QED) is 0.334. The molecule has 12 heteroatoms. The van der Waals surface area contributed by atoms with E-state index in [0.717, 1.165) is 46.7 Å². The molecule has 1 atom stereocenters. The lowest BCUT2D eigenvalue weighted by atomic mass is 9.96. The summed E-state index contributed by atoms with van der Waals surface area (Å²) < 4.78 is 69.7. The van der Waals surface area contributed by atoms with Gasteiger partial charge in [-0.15, -0.1) is 0 Å². The third-order valence-corrected chi connectivity index (χ3v) is 8.67. The number of nitrogens with zero attached hydrogens (tertiary/aromatic N) is 6. The summed E-state index contributed by atoms with van der Waals surface area (Å²) in [7, 11) is -4.02. The SMILES string of the molecule is Cc1cc2c(cnn2-c2ccc(F)cc2)cc1[C@@H]1CN(S(=O)(=O)c2cnn(C(F)F)c2)CCN1CC(C)C. The Bertz CT molecular complexity index is 1550. The number of hydrogen-bond acceptors (Lipinski definition) is 5. The number of piperazine rings is 1. The molecule has 2 aromatic heterocycles. The third kappa shape index (κ3) is 4.95. The molecule has 3 heterocycles. The second-order valence-corrected chi connectivity index (χ2v) is 11.9. The Morgan fingerprint density at radius 1 is 1.05 bits per heavy atom. The highest BCUT2D eigenvalue weighted by Crippen LogP contribution is 2.34. The van der Waals surface area contributed by atoms with Gasteiger partial charge in [0.05, 0.1) is 29.8 Å². The zero-order valence-corrected chi connectivity index (χ0v) is 22.1. The molecular weight excluding hydrogens is 517 g/mol. The van der Waals surface area contributed by atoms with Crippen LogP contribution in [0.2, 0.25) is 0 Å². The average molecular weight is 547 g/mol. The molecule has 0 radical (unpaired) electrons. The highest BCUT2D eigenvalue weighted by molar-refractivity contribution is 7.89. The molecule has 4 aromatic rings. The van der Waals surface area contributed by atoms with E-state index in [2.05, 4.69) is 28.9 Å². The van der Waals surface area contributed by atoms with Crippen LogP contribution in [0.25, 0.3) is 16.6 Å². The van der Waals surface area contributed by atoms with Crippen molar-refractivity contribution in [3.63, 3.8) is 0 Å². The Kier molecular flexibility index (Phi) is 7.05. The molecule has 2 aromatic carbocycles. The molecule has 0 bridgehead atoms. The summed E-state index contributed by atoms with van der Waals surface area (Å²) in [5.74, 6) is 0.0301. The van der Waals surface area contributed by atoms with Crippen molar-refractivity contribution in [2.45, 2.75) is 38.3 Å². The second-order valence-electron chi connectivity index (χ2n) is 10.0. The zero-order valence-electron chi connectivity index (χ0n) is 21.3. The number of rotatable bonds is 7. The van der Waals surface area contributed by atoms with Gasteiger partial charge in [-0.25, -0.2) is 22.2 Å². The fraction of sp³-hybridized carbons (Fsp3) is 0.385. The van der Waals surface area contributed by atoms with Crippen LogP contribution in [-0.4, -0.2) is 63.4 Å². The van der Waals surface area contributed by atoms with Crippen LogP contribution in [0.5, 0.6) is 0 Å². The van der Waals surface area contributed by atoms with Crippen LogP contribution in [0, 0.1) is 18.7 Å². The molecule has 1 fully saturated rings. The molecule has 0 aliphatic carbocycles. The molecular formula is C26H29F3N6O2S. The van der Waals surface area contributed by atoms with Gasteiger partial charge in [0.1, 0.15) is 10.7 Å². The van der Waals surface area contributed by atoms with Crippen molar-refractivity contribution in [1.82, 2.24) is 28.8 Å². The van der Waals surface area contributed by atoms with Crippen LogP contribution in [0.1, 0.15) is 37.6 Å². The molecule has 0 spiro atoms. The first-order chi connectivity index (χ1) is 18.0. The largest absolute Gasteiger partial charge is 0.333 e. The minimum Gasteiger partial charge on any atom is -0.293 e. The first kappa shape index (κ1) is 26.4. The number of benzene rings is 2. The molecule has 1 aliphatic heterocycles. The van der Waals surface area contributed by atoms with Crippen LogP contribution in [0.3, 0.4) is 0 Å². The van der Waals surface area contributed by atoms with Crippen LogP contribution >= 0.6 is 0 Å². The fourth-order valence-electron chi connectivity index (χ4n) is 5.05. The molecule has 0 saturated carbocycles. The van der Waals surface area contributed by atoms with Crippen LogP contribution in [0.15, 0.2) is 59.9 Å². The van der Waals surface area contributed by atoms with E-state index < -0.39 is 16.6 Å². The van der Waals surface area contributed by atoms with E-state index in [1.165, 1.54) is 16.4 Å². The van der Waals surface area contributed by atoms with Gasteiger partial charge >= 0.3 is 6.55 Å².